The summed E-state index contributed by atoms with van der Waals surface area (Å²) >= 11 is 0. The Morgan fingerprint density at radius 1 is 0.789 bits per heavy atom. The second-order valence-electron chi connectivity index (χ2n) is 8.89. The van der Waals surface area contributed by atoms with Crippen LogP contribution in [0.15, 0.2) is 42.5 Å². The van der Waals surface area contributed by atoms with Crippen LogP contribution < -0.4 is 15.2 Å². The maximum atomic E-state index is 13.0. The number of ether oxygens (including phenoxy) is 4. The van der Waals surface area contributed by atoms with Gasteiger partial charge in [-0.2, -0.15) is 0 Å². The van der Waals surface area contributed by atoms with E-state index < -0.39 is 36.8 Å². The molecule has 38 heavy (non-hydrogen) atoms. The van der Waals surface area contributed by atoms with Gasteiger partial charge in [-0.1, -0.05) is 12.1 Å². The summed E-state index contributed by atoms with van der Waals surface area (Å²) in [4.78, 5) is 50.8. The number of benzene rings is 2. The van der Waals surface area contributed by atoms with E-state index in [9.17, 15) is 19.2 Å². The van der Waals surface area contributed by atoms with Gasteiger partial charge in [0.1, 0.15) is 5.84 Å². The summed E-state index contributed by atoms with van der Waals surface area (Å²) in [6.45, 7) is 5.70. The van der Waals surface area contributed by atoms with Crippen LogP contribution in [0.3, 0.4) is 0 Å². The molecule has 0 aliphatic heterocycles. The molecule has 0 bridgehead atoms. The minimum atomic E-state index is -0.622. The second-order valence-corrected chi connectivity index (χ2v) is 8.89. The van der Waals surface area contributed by atoms with Crippen molar-refractivity contribution >= 4 is 29.5 Å². The average molecular weight is 528 g/mol. The first-order chi connectivity index (χ1) is 17.9. The molecular weight excluding hydrogens is 494 g/mol. The molecule has 0 aliphatic rings. The fourth-order valence-electron chi connectivity index (χ4n) is 3.17. The van der Waals surface area contributed by atoms with E-state index in [2.05, 4.69) is 0 Å². The van der Waals surface area contributed by atoms with Crippen LogP contribution in [0.5, 0.6) is 11.5 Å². The molecule has 0 saturated heterocycles. The van der Waals surface area contributed by atoms with Crippen molar-refractivity contribution in [1.29, 1.82) is 5.41 Å². The van der Waals surface area contributed by atoms with Gasteiger partial charge in [-0.15, -0.1) is 0 Å². The topological polar surface area (TPSA) is 158 Å². The number of hydrogen-bond acceptors (Lipinski definition) is 9. The number of nitrogens with one attached hydrogen (secondary N) is 1. The van der Waals surface area contributed by atoms with Gasteiger partial charge < -0.3 is 29.6 Å². The van der Waals surface area contributed by atoms with Gasteiger partial charge in [0.2, 0.25) is 0 Å². The van der Waals surface area contributed by atoms with Gasteiger partial charge in [-0.25, -0.2) is 9.59 Å². The van der Waals surface area contributed by atoms with E-state index in [-0.39, 0.29) is 41.7 Å². The smallest absolute Gasteiger partial charge is 0.344 e. The lowest BCUT2D eigenvalue weighted by Gasteiger charge is -2.18. The van der Waals surface area contributed by atoms with Crippen LogP contribution >= 0.6 is 0 Å². The zero-order chi connectivity index (χ0) is 28.4. The highest BCUT2D eigenvalue weighted by Gasteiger charge is 2.19. The number of rotatable bonds is 13. The van der Waals surface area contributed by atoms with Crippen molar-refractivity contribution in [1.82, 2.24) is 4.90 Å². The molecule has 0 fully saturated rings. The minimum Gasteiger partial charge on any atom is -0.478 e. The highest BCUT2D eigenvalue weighted by Crippen LogP contribution is 2.29. The molecule has 0 spiro atoms. The molecule has 1 amide bonds. The van der Waals surface area contributed by atoms with Crippen LogP contribution in [0.25, 0.3) is 0 Å². The Balaban J connectivity index is 2.17. The fourth-order valence-corrected chi connectivity index (χ4v) is 3.17. The monoisotopic (exact) mass is 527 g/mol. The van der Waals surface area contributed by atoms with E-state index in [1.807, 2.05) is 0 Å². The molecule has 3 N–H and O–H groups in total. The number of hydrogen-bond donors (Lipinski definition) is 2. The number of carbonyl (C=O) groups is 4. The van der Waals surface area contributed by atoms with Gasteiger partial charge in [-0.3, -0.25) is 15.0 Å². The molecule has 0 aliphatic carbocycles. The SMILES string of the molecule is CC(C)OC(=O)COc1ccc(C(=O)CN(C)C(=O)c2ccc(C(=N)N)cc2)cc1OCC(=O)OC(C)C. The van der Waals surface area contributed by atoms with Crippen molar-refractivity contribution in [2.24, 2.45) is 5.73 Å². The normalized spacial score (nSPS) is 10.6. The Kier molecular flexibility index (Phi) is 10.8. The van der Waals surface area contributed by atoms with Crippen molar-refractivity contribution in [2.45, 2.75) is 39.9 Å². The molecule has 0 unspecified atom stereocenters. The molecule has 0 saturated carbocycles. The molecule has 0 aromatic heterocycles. The number of nitrogen functional groups attached to an aromatic ring is 1. The fraction of sp³-hybridized carbons (Fsp3) is 0.370. The molecule has 0 atom stereocenters. The molecule has 11 nitrogen and oxygen atoms in total. The Labute approximate surface area is 221 Å². The first-order valence-corrected chi connectivity index (χ1v) is 11.9. The van der Waals surface area contributed by atoms with E-state index in [1.54, 1.807) is 39.8 Å². The van der Waals surface area contributed by atoms with Crippen molar-refractivity contribution < 1.29 is 38.1 Å². The van der Waals surface area contributed by atoms with Crippen LogP contribution in [0.1, 0.15) is 54.0 Å². The summed E-state index contributed by atoms with van der Waals surface area (Å²) in [5, 5.41) is 7.44. The third-order valence-corrected chi connectivity index (χ3v) is 4.86. The summed E-state index contributed by atoms with van der Waals surface area (Å²) in [6.07, 6.45) is -0.660. The Morgan fingerprint density at radius 3 is 1.76 bits per heavy atom. The van der Waals surface area contributed by atoms with Gasteiger partial charge >= 0.3 is 11.9 Å². The number of nitrogens with zero attached hydrogens (tertiary/aromatic N) is 1. The van der Waals surface area contributed by atoms with Crippen molar-refractivity contribution in [3.63, 3.8) is 0 Å². The lowest BCUT2D eigenvalue weighted by molar-refractivity contribution is -0.151. The molecule has 204 valence electrons. The predicted molar refractivity (Wildman–Crippen MR) is 139 cm³/mol. The largest absolute Gasteiger partial charge is 0.478 e. The van der Waals surface area contributed by atoms with Gasteiger partial charge in [0.05, 0.1) is 18.8 Å². The van der Waals surface area contributed by atoms with E-state index in [4.69, 9.17) is 30.1 Å². The predicted octanol–water partition coefficient (Wildman–Crippen LogP) is 2.59. The van der Waals surface area contributed by atoms with E-state index in [0.717, 1.165) is 0 Å². The molecule has 0 heterocycles. The van der Waals surface area contributed by atoms with E-state index >= 15 is 0 Å². The first-order valence-electron chi connectivity index (χ1n) is 11.9. The molecule has 2 aromatic rings. The van der Waals surface area contributed by atoms with Crippen molar-refractivity contribution in [2.75, 3.05) is 26.8 Å². The van der Waals surface area contributed by atoms with Gasteiger partial charge in [0, 0.05) is 23.7 Å². The van der Waals surface area contributed by atoms with E-state index in [1.165, 1.54) is 42.3 Å². The Bertz CT molecular complexity index is 1180. The number of Topliss-reactive ketones (excluding diaryl/α,β-unsaturated/α-hetero) is 1. The van der Waals surface area contributed by atoms with Gasteiger partial charge in [0.15, 0.2) is 30.5 Å². The maximum Gasteiger partial charge on any atom is 0.344 e. The third kappa shape index (κ3) is 9.23. The number of amidine groups is 1. The summed E-state index contributed by atoms with van der Waals surface area (Å²) in [6, 6.07) is 10.4. The Morgan fingerprint density at radius 2 is 1.26 bits per heavy atom. The van der Waals surface area contributed by atoms with Crippen molar-refractivity contribution in [3.8, 4) is 11.5 Å². The molecule has 0 radical (unpaired) electrons. The maximum absolute atomic E-state index is 13.0. The summed E-state index contributed by atoms with van der Waals surface area (Å²) < 4.78 is 21.2. The van der Waals surface area contributed by atoms with Crippen LogP contribution in [-0.4, -0.2) is 73.4 Å². The number of ketones is 1. The summed E-state index contributed by atoms with van der Waals surface area (Å²) in [5.41, 5.74) is 6.44. The second kappa shape index (κ2) is 13.8. The summed E-state index contributed by atoms with van der Waals surface area (Å²) in [7, 11) is 1.48. The average Bonchev–Trinajstić information content (AvgIpc) is 2.85. The minimum absolute atomic E-state index is 0.0442. The van der Waals surface area contributed by atoms with Crippen LogP contribution in [0, 0.1) is 5.41 Å². The highest BCUT2D eigenvalue weighted by atomic mass is 16.6. The Hall–Kier alpha value is -4.41. The van der Waals surface area contributed by atoms with Gasteiger partial charge in [-0.05, 0) is 58.0 Å². The zero-order valence-corrected chi connectivity index (χ0v) is 22.1. The van der Waals surface area contributed by atoms with E-state index in [0.29, 0.717) is 11.1 Å². The number of likely N-dealkylation sites (N-methyl/N-ethyl adjacent to an activating group) is 1. The van der Waals surface area contributed by atoms with Crippen LogP contribution in [-0.2, 0) is 19.1 Å². The number of carbonyl (C=O) groups excluding carboxylic acids is 4. The lowest BCUT2D eigenvalue weighted by Crippen LogP contribution is -2.32. The first kappa shape index (κ1) is 29.8. The quantitative estimate of drug-likeness (QED) is 0.173. The van der Waals surface area contributed by atoms with Crippen LogP contribution in [0.2, 0.25) is 0 Å². The van der Waals surface area contributed by atoms with Crippen molar-refractivity contribution in [3.05, 3.63) is 59.2 Å². The standard InChI is InChI=1S/C27H33N3O8/c1-16(2)37-24(32)14-35-22-11-10-20(12-23(22)36-15-25(33)38-17(3)4)21(31)13-30(5)27(34)19-8-6-18(7-9-19)26(28)29/h6-12,16-17H,13-15H2,1-5H3,(H3,28,29). The number of amides is 1. The third-order valence-electron chi connectivity index (χ3n) is 4.86. The number of nitrogens with two attached hydrogens (primary N) is 1. The molecular formula is C27H33N3O8. The molecule has 11 heteroatoms. The highest BCUT2D eigenvalue weighted by molar-refractivity contribution is 6.03. The molecule has 2 aromatic carbocycles. The lowest BCUT2D eigenvalue weighted by atomic mass is 10.1. The summed E-state index contributed by atoms with van der Waals surface area (Å²) in [5.74, 6) is -1.97. The number of esters is 2. The van der Waals surface area contributed by atoms with Crippen LogP contribution in [0.4, 0.5) is 0 Å². The zero-order valence-electron chi connectivity index (χ0n) is 22.1. The van der Waals surface area contributed by atoms with Gasteiger partial charge in [0.25, 0.3) is 5.91 Å². The molecule has 2 rings (SSSR count).